The summed E-state index contributed by atoms with van der Waals surface area (Å²) in [5.41, 5.74) is 1.77. The van der Waals surface area contributed by atoms with Gasteiger partial charge >= 0.3 is 0 Å². The average Bonchev–Trinajstić information content (AvgIpc) is 3.03. The lowest BCUT2D eigenvalue weighted by molar-refractivity contribution is 0.0611. The number of halogens is 1. The van der Waals surface area contributed by atoms with E-state index in [1.165, 1.54) is 0 Å². The number of piperidine rings is 1. The topological polar surface area (TPSA) is 45.5 Å². The zero-order valence-electron chi connectivity index (χ0n) is 16.0. The Morgan fingerprint density at radius 2 is 1.89 bits per heavy atom. The zero-order valence-corrected chi connectivity index (χ0v) is 16.8. The zero-order chi connectivity index (χ0) is 18.1. The monoisotopic (exact) mass is 386 g/mol. The lowest BCUT2D eigenvalue weighted by Gasteiger charge is -2.34. The van der Waals surface area contributed by atoms with Crippen LogP contribution in [0.25, 0.3) is 21.7 Å². The van der Waals surface area contributed by atoms with Crippen molar-refractivity contribution in [3.8, 4) is 0 Å². The Kier molecular flexibility index (Phi) is 6.08. The third-order valence-electron chi connectivity index (χ3n) is 5.50. The predicted octanol–water partition coefficient (Wildman–Crippen LogP) is 4.92. The largest absolute Gasteiger partial charge is 0.450 e. The van der Waals surface area contributed by atoms with Gasteiger partial charge in [0.05, 0.1) is 0 Å². The van der Waals surface area contributed by atoms with E-state index in [1.807, 2.05) is 24.0 Å². The molecule has 2 aromatic carbocycles. The summed E-state index contributed by atoms with van der Waals surface area (Å²) in [5, 5.41) is 6.62. The molecule has 0 unspecified atom stereocenters. The first kappa shape index (κ1) is 19.7. The fourth-order valence-electron chi connectivity index (χ4n) is 4.09. The molecule has 0 bridgehead atoms. The highest BCUT2D eigenvalue weighted by atomic mass is 35.5. The normalized spacial score (nSPS) is 15.0. The van der Waals surface area contributed by atoms with Gasteiger partial charge < -0.3 is 14.6 Å². The van der Waals surface area contributed by atoms with Gasteiger partial charge in [-0.25, -0.2) is 0 Å². The lowest BCUT2D eigenvalue weighted by Crippen LogP contribution is -2.46. The first-order valence-electron chi connectivity index (χ1n) is 9.63. The molecule has 1 aromatic heterocycles. The van der Waals surface area contributed by atoms with Gasteiger partial charge in [0.15, 0.2) is 5.76 Å². The second kappa shape index (κ2) is 8.32. The summed E-state index contributed by atoms with van der Waals surface area (Å²) in [6.45, 7) is 6.85. The van der Waals surface area contributed by atoms with Crippen LogP contribution in [0.4, 0.5) is 0 Å². The van der Waals surface area contributed by atoms with Gasteiger partial charge in [0.25, 0.3) is 5.91 Å². The van der Waals surface area contributed by atoms with Crippen LogP contribution in [-0.4, -0.2) is 36.5 Å². The Morgan fingerprint density at radius 3 is 2.63 bits per heavy atom. The molecular formula is C22H27ClN2O2. The molecule has 2 heterocycles. The molecule has 5 heteroatoms. The second-order valence-corrected chi connectivity index (χ2v) is 7.20. The van der Waals surface area contributed by atoms with Crippen LogP contribution >= 0.6 is 12.4 Å². The summed E-state index contributed by atoms with van der Waals surface area (Å²) in [6, 6.07) is 12.6. The van der Waals surface area contributed by atoms with E-state index >= 15 is 0 Å². The number of hydrogen-bond acceptors (Lipinski definition) is 3. The first-order chi connectivity index (χ1) is 12.7. The molecule has 1 N–H and O–H groups in total. The number of carbonyl (C=O) groups is 1. The van der Waals surface area contributed by atoms with Crippen LogP contribution in [0.3, 0.4) is 0 Å². The van der Waals surface area contributed by atoms with E-state index in [-0.39, 0.29) is 18.3 Å². The lowest BCUT2D eigenvalue weighted by atomic mass is 10.0. The molecule has 4 nitrogen and oxygen atoms in total. The molecule has 0 saturated carbocycles. The molecule has 0 aliphatic carbocycles. The van der Waals surface area contributed by atoms with Gasteiger partial charge in [0.2, 0.25) is 0 Å². The van der Waals surface area contributed by atoms with Crippen molar-refractivity contribution in [2.24, 2.45) is 0 Å². The Labute approximate surface area is 166 Å². The third kappa shape index (κ3) is 3.56. The van der Waals surface area contributed by atoms with E-state index in [9.17, 15) is 4.79 Å². The predicted molar refractivity (Wildman–Crippen MR) is 113 cm³/mol. The molecule has 144 valence electrons. The highest BCUT2D eigenvalue weighted by Crippen LogP contribution is 2.33. The Morgan fingerprint density at radius 1 is 1.15 bits per heavy atom. The number of rotatable bonds is 4. The molecule has 1 amide bonds. The van der Waals surface area contributed by atoms with Crippen molar-refractivity contribution in [2.75, 3.05) is 19.6 Å². The molecule has 0 atom stereocenters. The number of fused-ring (bicyclic) bond motifs is 3. The number of furan rings is 1. The van der Waals surface area contributed by atoms with Crippen LogP contribution in [0.2, 0.25) is 0 Å². The van der Waals surface area contributed by atoms with Crippen molar-refractivity contribution in [1.29, 1.82) is 0 Å². The number of aryl methyl sites for hydroxylation is 1. The summed E-state index contributed by atoms with van der Waals surface area (Å²) in [5.74, 6) is 0.542. The summed E-state index contributed by atoms with van der Waals surface area (Å²) in [4.78, 5) is 15.4. The van der Waals surface area contributed by atoms with E-state index in [2.05, 4.69) is 36.5 Å². The molecule has 1 aliphatic heterocycles. The molecular weight excluding hydrogens is 360 g/mol. The fourth-order valence-corrected chi connectivity index (χ4v) is 4.09. The van der Waals surface area contributed by atoms with E-state index < -0.39 is 0 Å². The molecule has 0 spiro atoms. The van der Waals surface area contributed by atoms with Gasteiger partial charge in [-0.05, 0) is 44.7 Å². The Bertz CT molecular complexity index is 944. The second-order valence-electron chi connectivity index (χ2n) is 7.20. The third-order valence-corrected chi connectivity index (χ3v) is 5.50. The minimum absolute atomic E-state index is 0. The minimum atomic E-state index is 0. The van der Waals surface area contributed by atoms with E-state index in [4.69, 9.17) is 4.42 Å². The standard InChI is InChI=1S/C22H26N2O2.ClH/c1-3-14-24(17-10-12-23-13-11-17)22(25)20-15(2)18-9-8-16-6-4-5-7-19(16)21(18)26-20;/h4-9,17,23H,3,10-14H2,1-2H3;1H. The van der Waals surface area contributed by atoms with Crippen LogP contribution < -0.4 is 5.32 Å². The number of nitrogens with one attached hydrogen (secondary N) is 1. The highest BCUT2D eigenvalue weighted by Gasteiger charge is 2.29. The van der Waals surface area contributed by atoms with Gasteiger partial charge in [-0.2, -0.15) is 0 Å². The molecule has 3 aromatic rings. The van der Waals surface area contributed by atoms with Gasteiger partial charge in [-0.1, -0.05) is 43.3 Å². The molecule has 1 fully saturated rings. The van der Waals surface area contributed by atoms with E-state index in [0.717, 1.165) is 66.2 Å². The van der Waals surface area contributed by atoms with E-state index in [1.54, 1.807) is 0 Å². The van der Waals surface area contributed by atoms with Crippen LogP contribution in [0.5, 0.6) is 0 Å². The number of amides is 1. The smallest absolute Gasteiger partial charge is 0.290 e. The SMILES string of the molecule is CCCN(C(=O)c1oc2c(ccc3ccccc32)c1C)C1CCNCC1.Cl. The van der Waals surface area contributed by atoms with Crippen molar-refractivity contribution in [1.82, 2.24) is 10.2 Å². The van der Waals surface area contributed by atoms with Crippen LogP contribution in [0.1, 0.15) is 42.3 Å². The van der Waals surface area contributed by atoms with Gasteiger partial charge in [0.1, 0.15) is 5.58 Å². The van der Waals surface area contributed by atoms with Crippen molar-refractivity contribution in [2.45, 2.75) is 39.2 Å². The van der Waals surface area contributed by atoms with Crippen LogP contribution in [0.15, 0.2) is 40.8 Å². The maximum atomic E-state index is 13.4. The van der Waals surface area contributed by atoms with Crippen molar-refractivity contribution in [3.05, 3.63) is 47.7 Å². The maximum absolute atomic E-state index is 13.4. The summed E-state index contributed by atoms with van der Waals surface area (Å²) >= 11 is 0. The first-order valence-corrected chi connectivity index (χ1v) is 9.63. The Hall–Kier alpha value is -2.04. The van der Waals surface area contributed by atoms with Gasteiger partial charge in [0, 0.05) is 28.9 Å². The summed E-state index contributed by atoms with van der Waals surface area (Å²) in [6.07, 6.45) is 2.97. The van der Waals surface area contributed by atoms with Crippen LogP contribution in [-0.2, 0) is 0 Å². The molecule has 0 radical (unpaired) electrons. The molecule has 1 aliphatic rings. The number of benzene rings is 2. The highest BCUT2D eigenvalue weighted by molar-refractivity contribution is 6.08. The quantitative estimate of drug-likeness (QED) is 0.692. The van der Waals surface area contributed by atoms with Crippen molar-refractivity contribution < 1.29 is 9.21 Å². The average molecular weight is 387 g/mol. The van der Waals surface area contributed by atoms with Gasteiger partial charge in [-0.3, -0.25) is 4.79 Å². The number of hydrogen-bond donors (Lipinski definition) is 1. The Balaban J connectivity index is 0.00000210. The van der Waals surface area contributed by atoms with Gasteiger partial charge in [-0.15, -0.1) is 12.4 Å². The number of carbonyl (C=O) groups excluding carboxylic acids is 1. The molecule has 4 rings (SSSR count). The number of nitrogens with zero attached hydrogens (tertiary/aromatic N) is 1. The molecule has 1 saturated heterocycles. The van der Waals surface area contributed by atoms with Crippen molar-refractivity contribution in [3.63, 3.8) is 0 Å². The van der Waals surface area contributed by atoms with E-state index in [0.29, 0.717) is 11.8 Å². The molecule has 27 heavy (non-hydrogen) atoms. The summed E-state index contributed by atoms with van der Waals surface area (Å²) < 4.78 is 6.19. The van der Waals surface area contributed by atoms with Crippen molar-refractivity contribution >= 4 is 40.1 Å². The summed E-state index contributed by atoms with van der Waals surface area (Å²) in [7, 11) is 0. The minimum Gasteiger partial charge on any atom is -0.450 e. The fraction of sp³-hybridized carbons (Fsp3) is 0.409. The maximum Gasteiger partial charge on any atom is 0.290 e. The van der Waals surface area contributed by atoms with Crippen LogP contribution in [0, 0.1) is 6.92 Å².